The van der Waals surface area contributed by atoms with Crippen LogP contribution in [0.15, 0.2) is 34.0 Å². The normalized spacial score (nSPS) is 11.4. The second-order valence-electron chi connectivity index (χ2n) is 4.09. The summed E-state index contributed by atoms with van der Waals surface area (Å²) in [5, 5.41) is 10.1. The maximum absolute atomic E-state index is 12.0. The fourth-order valence-corrected chi connectivity index (χ4v) is 3.64. The van der Waals surface area contributed by atoms with Crippen molar-refractivity contribution in [2.24, 2.45) is 0 Å². The van der Waals surface area contributed by atoms with Crippen LogP contribution in [0.5, 0.6) is 0 Å². The molecule has 2 aromatic rings. The molecule has 2 aromatic heterocycles. The van der Waals surface area contributed by atoms with E-state index >= 15 is 0 Å². The number of carbonyl (C=O) groups is 1. The van der Waals surface area contributed by atoms with E-state index in [-0.39, 0.29) is 16.3 Å². The Hall–Kier alpha value is -1.77. The van der Waals surface area contributed by atoms with Crippen molar-refractivity contribution in [2.75, 3.05) is 0 Å². The predicted octanol–water partition coefficient (Wildman–Crippen LogP) is 1.63. The average molecular weight is 312 g/mol. The van der Waals surface area contributed by atoms with Gasteiger partial charge in [0, 0.05) is 23.8 Å². The Bertz CT molecular complexity index is 720. The van der Waals surface area contributed by atoms with Gasteiger partial charge < -0.3 is 5.11 Å². The molecule has 20 heavy (non-hydrogen) atoms. The van der Waals surface area contributed by atoms with Crippen LogP contribution in [0.25, 0.3) is 0 Å². The van der Waals surface area contributed by atoms with Crippen LogP contribution < -0.4 is 4.72 Å². The van der Waals surface area contributed by atoms with E-state index < -0.39 is 16.0 Å². The van der Waals surface area contributed by atoms with E-state index in [2.05, 4.69) is 9.71 Å². The van der Waals surface area contributed by atoms with Gasteiger partial charge in [-0.05, 0) is 24.6 Å². The van der Waals surface area contributed by atoms with E-state index in [0.717, 1.165) is 28.7 Å². The number of aryl methyl sites for hydroxylation is 1. The number of carboxylic acids is 1. The third kappa shape index (κ3) is 3.41. The minimum atomic E-state index is -3.70. The molecule has 0 atom stereocenters. The number of carboxylic acid groups (broad SMARTS) is 1. The lowest BCUT2D eigenvalue weighted by molar-refractivity contribution is 0.0697. The van der Waals surface area contributed by atoms with E-state index in [4.69, 9.17) is 5.11 Å². The van der Waals surface area contributed by atoms with E-state index in [1.807, 2.05) is 6.92 Å². The minimum Gasteiger partial charge on any atom is -0.478 e. The highest BCUT2D eigenvalue weighted by Gasteiger charge is 2.18. The smallest absolute Gasteiger partial charge is 0.336 e. The van der Waals surface area contributed by atoms with Gasteiger partial charge in [-0.1, -0.05) is 6.07 Å². The lowest BCUT2D eigenvalue weighted by Crippen LogP contribution is -2.22. The number of nitrogens with one attached hydrogen (secondary N) is 1. The Kier molecular flexibility index (Phi) is 4.17. The second-order valence-corrected chi connectivity index (χ2v) is 7.00. The van der Waals surface area contributed by atoms with E-state index in [1.165, 1.54) is 5.38 Å². The summed E-state index contributed by atoms with van der Waals surface area (Å²) in [6, 6.07) is 4.71. The number of thiophene rings is 1. The van der Waals surface area contributed by atoms with Gasteiger partial charge in [-0.25, -0.2) is 17.9 Å². The molecule has 0 aliphatic rings. The number of nitrogens with zero attached hydrogens (tertiary/aromatic N) is 1. The molecule has 106 valence electrons. The number of aromatic nitrogens is 1. The minimum absolute atomic E-state index is 0.0185. The number of rotatable bonds is 5. The zero-order chi connectivity index (χ0) is 14.8. The molecule has 0 unspecified atom stereocenters. The monoisotopic (exact) mass is 312 g/mol. The molecule has 0 aliphatic carbocycles. The quantitative estimate of drug-likeness (QED) is 0.874. The summed E-state index contributed by atoms with van der Waals surface area (Å²) < 4.78 is 26.4. The van der Waals surface area contributed by atoms with Gasteiger partial charge >= 0.3 is 5.97 Å². The molecule has 0 spiro atoms. The molecular weight excluding hydrogens is 300 g/mol. The Morgan fingerprint density at radius 3 is 2.75 bits per heavy atom. The van der Waals surface area contributed by atoms with Gasteiger partial charge in [0.1, 0.15) is 4.21 Å². The Balaban J connectivity index is 2.10. The summed E-state index contributed by atoms with van der Waals surface area (Å²) in [6.45, 7) is 1.95. The van der Waals surface area contributed by atoms with Gasteiger partial charge in [-0.15, -0.1) is 11.3 Å². The second kappa shape index (κ2) is 5.70. The summed E-state index contributed by atoms with van der Waals surface area (Å²) in [6.07, 6.45) is 1.59. The molecule has 8 heteroatoms. The van der Waals surface area contributed by atoms with Crippen molar-refractivity contribution in [3.05, 3.63) is 46.6 Å². The first-order valence-corrected chi connectivity index (χ1v) is 7.98. The Morgan fingerprint density at radius 1 is 1.45 bits per heavy atom. The maximum Gasteiger partial charge on any atom is 0.336 e. The predicted molar refractivity (Wildman–Crippen MR) is 74.3 cm³/mol. The van der Waals surface area contributed by atoms with E-state index in [0.29, 0.717) is 0 Å². The highest BCUT2D eigenvalue weighted by atomic mass is 32.2. The zero-order valence-corrected chi connectivity index (χ0v) is 12.2. The Morgan fingerprint density at radius 2 is 2.20 bits per heavy atom. The lowest BCUT2D eigenvalue weighted by Gasteiger charge is -2.04. The van der Waals surface area contributed by atoms with Gasteiger partial charge in [-0.3, -0.25) is 4.98 Å². The third-order valence-electron chi connectivity index (χ3n) is 2.53. The van der Waals surface area contributed by atoms with Gasteiger partial charge in [0.2, 0.25) is 10.0 Å². The van der Waals surface area contributed by atoms with Crippen molar-refractivity contribution >= 4 is 27.3 Å². The van der Waals surface area contributed by atoms with Crippen molar-refractivity contribution < 1.29 is 18.3 Å². The first kappa shape index (κ1) is 14.6. The number of aromatic carboxylic acids is 1. The van der Waals surface area contributed by atoms with Crippen LogP contribution in [0.3, 0.4) is 0 Å². The highest BCUT2D eigenvalue weighted by molar-refractivity contribution is 7.91. The number of pyridine rings is 1. The van der Waals surface area contributed by atoms with Crippen LogP contribution in [0.1, 0.15) is 21.6 Å². The maximum atomic E-state index is 12.0. The molecule has 0 amide bonds. The lowest BCUT2D eigenvalue weighted by atomic mass is 10.2. The molecule has 0 radical (unpaired) electrons. The van der Waals surface area contributed by atoms with Crippen molar-refractivity contribution in [3.8, 4) is 0 Å². The SMILES string of the molecule is Cc1ccc(CNS(=O)(=O)c2cc(C(=O)O)cs2)cn1. The molecule has 2 heterocycles. The molecular formula is C12H12N2O4S2. The van der Waals surface area contributed by atoms with Crippen LogP contribution >= 0.6 is 11.3 Å². The largest absolute Gasteiger partial charge is 0.478 e. The standard InChI is InChI=1S/C12H12N2O4S2/c1-8-2-3-9(5-13-8)6-14-20(17,18)11-4-10(7-19-11)12(15)16/h2-5,7,14H,6H2,1H3,(H,15,16). The first-order valence-electron chi connectivity index (χ1n) is 5.61. The fraction of sp³-hybridized carbons (Fsp3) is 0.167. The van der Waals surface area contributed by atoms with Crippen LogP contribution in [0, 0.1) is 6.92 Å². The van der Waals surface area contributed by atoms with Gasteiger partial charge in [-0.2, -0.15) is 0 Å². The van der Waals surface area contributed by atoms with Crippen LogP contribution in [-0.4, -0.2) is 24.5 Å². The van der Waals surface area contributed by atoms with Crippen molar-refractivity contribution in [1.29, 1.82) is 0 Å². The van der Waals surface area contributed by atoms with Crippen molar-refractivity contribution in [2.45, 2.75) is 17.7 Å². The molecule has 6 nitrogen and oxygen atoms in total. The molecule has 0 saturated carbocycles. The summed E-state index contributed by atoms with van der Waals surface area (Å²) in [4.78, 5) is 14.8. The molecule has 0 saturated heterocycles. The third-order valence-corrected chi connectivity index (χ3v) is 5.37. The fourth-order valence-electron chi connectivity index (χ4n) is 1.42. The van der Waals surface area contributed by atoms with Crippen LogP contribution in [-0.2, 0) is 16.6 Å². The molecule has 2 rings (SSSR count). The van der Waals surface area contributed by atoms with Crippen LogP contribution in [0.2, 0.25) is 0 Å². The topological polar surface area (TPSA) is 96.4 Å². The summed E-state index contributed by atoms with van der Waals surface area (Å²) in [5.41, 5.74) is 1.54. The van der Waals surface area contributed by atoms with Crippen molar-refractivity contribution in [1.82, 2.24) is 9.71 Å². The molecule has 2 N–H and O–H groups in total. The average Bonchev–Trinajstić information content (AvgIpc) is 2.89. The molecule has 0 fully saturated rings. The van der Waals surface area contributed by atoms with Crippen LogP contribution in [0.4, 0.5) is 0 Å². The summed E-state index contributed by atoms with van der Waals surface area (Å²) in [7, 11) is -3.70. The number of sulfonamides is 1. The van der Waals surface area contributed by atoms with Gasteiger partial charge in [0.25, 0.3) is 0 Å². The van der Waals surface area contributed by atoms with Gasteiger partial charge in [0.05, 0.1) is 5.56 Å². The Labute approximate surface area is 120 Å². The number of hydrogen-bond acceptors (Lipinski definition) is 5. The number of hydrogen-bond donors (Lipinski definition) is 2. The zero-order valence-electron chi connectivity index (χ0n) is 10.5. The molecule has 0 aromatic carbocycles. The summed E-state index contributed by atoms with van der Waals surface area (Å²) in [5.74, 6) is -1.15. The van der Waals surface area contributed by atoms with E-state index in [1.54, 1.807) is 18.3 Å². The van der Waals surface area contributed by atoms with E-state index in [9.17, 15) is 13.2 Å². The van der Waals surface area contributed by atoms with Crippen molar-refractivity contribution in [3.63, 3.8) is 0 Å². The summed E-state index contributed by atoms with van der Waals surface area (Å²) >= 11 is 0.875. The van der Waals surface area contributed by atoms with Gasteiger partial charge in [0.15, 0.2) is 0 Å². The first-order chi connectivity index (χ1) is 9.38. The molecule has 0 bridgehead atoms. The highest BCUT2D eigenvalue weighted by Crippen LogP contribution is 2.20. The molecule has 0 aliphatic heterocycles.